The van der Waals surface area contributed by atoms with Crippen LogP contribution in [0.25, 0.3) is 0 Å². The van der Waals surface area contributed by atoms with E-state index in [0.29, 0.717) is 12.3 Å². The Morgan fingerprint density at radius 3 is 2.23 bits per heavy atom. The third kappa shape index (κ3) is 3.19. The molecule has 0 fully saturated rings. The molecule has 0 heterocycles. The first-order chi connectivity index (χ1) is 6.09. The molecule has 0 aliphatic heterocycles. The van der Waals surface area contributed by atoms with E-state index in [9.17, 15) is 4.79 Å². The lowest BCUT2D eigenvalue weighted by atomic mass is 10.0. The Bertz CT molecular complexity index is 287. The largest absolute Gasteiger partial charge is 0.281 e. The van der Waals surface area contributed by atoms with Crippen LogP contribution in [0.1, 0.15) is 30.9 Å². The Kier molecular flexibility index (Phi) is 3.49. The number of hydrogen-bond donors (Lipinski definition) is 0. The van der Waals surface area contributed by atoms with Crippen LogP contribution < -0.4 is 0 Å². The molecule has 0 bridgehead atoms. The topological polar surface area (TPSA) is 17.1 Å². The minimum absolute atomic E-state index is 0.308. The van der Waals surface area contributed by atoms with E-state index in [2.05, 4.69) is 13.8 Å². The number of carbonyl (C=O) groups is 1. The van der Waals surface area contributed by atoms with Crippen LogP contribution >= 0.6 is 11.6 Å². The van der Waals surface area contributed by atoms with Crippen molar-refractivity contribution in [2.24, 2.45) is 0 Å². The van der Waals surface area contributed by atoms with E-state index in [1.54, 1.807) is 0 Å². The lowest BCUT2D eigenvalue weighted by molar-refractivity contribution is -0.111. The summed E-state index contributed by atoms with van der Waals surface area (Å²) in [4.78, 5) is 10.6. The first-order valence-electron chi connectivity index (χ1n) is 4.36. The van der Waals surface area contributed by atoms with Crippen LogP contribution in [-0.2, 0) is 11.2 Å². The monoisotopic (exact) mass is 196 g/mol. The Hall–Kier alpha value is -0.820. The molecule has 0 saturated heterocycles. The van der Waals surface area contributed by atoms with E-state index in [4.69, 9.17) is 11.6 Å². The molecule has 13 heavy (non-hydrogen) atoms. The molecule has 0 spiro atoms. The van der Waals surface area contributed by atoms with Crippen LogP contribution in [0.4, 0.5) is 0 Å². The van der Waals surface area contributed by atoms with E-state index in [-0.39, 0.29) is 5.24 Å². The van der Waals surface area contributed by atoms with Crippen molar-refractivity contribution in [1.82, 2.24) is 0 Å². The highest BCUT2D eigenvalue weighted by molar-refractivity contribution is 6.63. The third-order valence-electron chi connectivity index (χ3n) is 1.99. The van der Waals surface area contributed by atoms with Crippen LogP contribution in [0, 0.1) is 0 Å². The normalized spacial score (nSPS) is 10.5. The summed E-state index contributed by atoms with van der Waals surface area (Å²) in [7, 11) is 0. The SMILES string of the molecule is CC(C)c1ccc(CC(=O)Cl)cc1. The Labute approximate surface area is 83.7 Å². The maximum absolute atomic E-state index is 10.6. The molecule has 1 aromatic carbocycles. The maximum Gasteiger partial charge on any atom is 0.226 e. The molecule has 1 rings (SSSR count). The van der Waals surface area contributed by atoms with Crippen molar-refractivity contribution in [3.05, 3.63) is 35.4 Å². The van der Waals surface area contributed by atoms with E-state index in [0.717, 1.165) is 5.56 Å². The standard InChI is InChI=1S/C11H13ClO/c1-8(2)10-5-3-9(4-6-10)7-11(12)13/h3-6,8H,7H2,1-2H3. The molecular formula is C11H13ClO. The summed E-state index contributed by atoms with van der Waals surface area (Å²) >= 11 is 5.28. The predicted molar refractivity (Wildman–Crippen MR) is 55.1 cm³/mol. The molecule has 0 radical (unpaired) electrons. The second-order valence-corrected chi connectivity index (χ2v) is 3.85. The summed E-state index contributed by atoms with van der Waals surface area (Å²) in [6.45, 7) is 4.28. The lowest BCUT2D eigenvalue weighted by Gasteiger charge is -2.05. The highest BCUT2D eigenvalue weighted by atomic mass is 35.5. The molecule has 1 aromatic rings. The average molecular weight is 197 g/mol. The van der Waals surface area contributed by atoms with Gasteiger partial charge in [-0.05, 0) is 28.6 Å². The second-order valence-electron chi connectivity index (χ2n) is 3.43. The molecule has 0 N–H and O–H groups in total. The molecule has 70 valence electrons. The molecule has 0 saturated carbocycles. The fourth-order valence-corrected chi connectivity index (χ4v) is 1.34. The van der Waals surface area contributed by atoms with Crippen molar-refractivity contribution in [2.75, 3.05) is 0 Å². The first-order valence-corrected chi connectivity index (χ1v) is 4.74. The van der Waals surface area contributed by atoms with Gasteiger partial charge in [-0.15, -0.1) is 0 Å². The summed E-state index contributed by atoms with van der Waals surface area (Å²) < 4.78 is 0. The summed E-state index contributed by atoms with van der Waals surface area (Å²) in [5, 5.41) is -0.308. The maximum atomic E-state index is 10.6. The van der Waals surface area contributed by atoms with Crippen LogP contribution in [0.15, 0.2) is 24.3 Å². The van der Waals surface area contributed by atoms with Crippen molar-refractivity contribution in [3.63, 3.8) is 0 Å². The van der Waals surface area contributed by atoms with Gasteiger partial charge in [-0.2, -0.15) is 0 Å². The number of hydrogen-bond acceptors (Lipinski definition) is 1. The van der Waals surface area contributed by atoms with Gasteiger partial charge in [0.1, 0.15) is 0 Å². The molecule has 0 atom stereocenters. The fraction of sp³-hybridized carbons (Fsp3) is 0.364. The zero-order valence-electron chi connectivity index (χ0n) is 7.88. The lowest BCUT2D eigenvalue weighted by Crippen LogP contribution is -1.94. The van der Waals surface area contributed by atoms with Crippen molar-refractivity contribution in [2.45, 2.75) is 26.2 Å². The molecular weight excluding hydrogens is 184 g/mol. The number of halogens is 1. The van der Waals surface area contributed by atoms with Crippen molar-refractivity contribution < 1.29 is 4.79 Å². The summed E-state index contributed by atoms with van der Waals surface area (Å²) in [6.07, 6.45) is 0.319. The zero-order chi connectivity index (χ0) is 9.84. The third-order valence-corrected chi connectivity index (χ3v) is 2.12. The second kappa shape index (κ2) is 4.43. The highest BCUT2D eigenvalue weighted by Crippen LogP contribution is 2.15. The number of rotatable bonds is 3. The van der Waals surface area contributed by atoms with E-state index in [1.807, 2.05) is 24.3 Å². The Morgan fingerprint density at radius 2 is 1.85 bits per heavy atom. The van der Waals surface area contributed by atoms with Gasteiger partial charge in [-0.1, -0.05) is 38.1 Å². The van der Waals surface area contributed by atoms with Crippen LogP contribution in [0.5, 0.6) is 0 Å². The average Bonchev–Trinajstić information content (AvgIpc) is 2.04. The Balaban J connectivity index is 2.75. The predicted octanol–water partition coefficient (Wildman–Crippen LogP) is 3.12. The van der Waals surface area contributed by atoms with Gasteiger partial charge in [-0.3, -0.25) is 4.79 Å². The minimum atomic E-state index is -0.308. The minimum Gasteiger partial charge on any atom is -0.281 e. The van der Waals surface area contributed by atoms with E-state index < -0.39 is 0 Å². The molecule has 0 amide bonds. The van der Waals surface area contributed by atoms with Crippen LogP contribution in [0.3, 0.4) is 0 Å². The smallest absolute Gasteiger partial charge is 0.226 e. The molecule has 2 heteroatoms. The van der Waals surface area contributed by atoms with E-state index in [1.165, 1.54) is 5.56 Å². The summed E-state index contributed by atoms with van der Waals surface area (Å²) in [5.74, 6) is 0.528. The van der Waals surface area contributed by atoms with Crippen molar-refractivity contribution in [1.29, 1.82) is 0 Å². The van der Waals surface area contributed by atoms with Crippen molar-refractivity contribution in [3.8, 4) is 0 Å². The van der Waals surface area contributed by atoms with Gasteiger partial charge in [0.2, 0.25) is 5.24 Å². The fourth-order valence-electron chi connectivity index (χ4n) is 1.18. The van der Waals surface area contributed by atoms with Gasteiger partial charge >= 0.3 is 0 Å². The first kappa shape index (κ1) is 10.3. The summed E-state index contributed by atoms with van der Waals surface area (Å²) in [5.41, 5.74) is 2.26. The van der Waals surface area contributed by atoms with Gasteiger partial charge in [0.25, 0.3) is 0 Å². The Morgan fingerprint density at radius 1 is 1.31 bits per heavy atom. The van der Waals surface area contributed by atoms with Gasteiger partial charge in [-0.25, -0.2) is 0 Å². The van der Waals surface area contributed by atoms with Gasteiger partial charge in [0, 0.05) is 6.42 Å². The van der Waals surface area contributed by atoms with Gasteiger partial charge in [0.05, 0.1) is 0 Å². The zero-order valence-corrected chi connectivity index (χ0v) is 8.64. The molecule has 0 unspecified atom stereocenters. The summed E-state index contributed by atoms with van der Waals surface area (Å²) in [6, 6.07) is 7.99. The van der Waals surface area contributed by atoms with Crippen molar-refractivity contribution >= 4 is 16.8 Å². The quantitative estimate of drug-likeness (QED) is 0.679. The van der Waals surface area contributed by atoms with E-state index >= 15 is 0 Å². The van der Waals surface area contributed by atoms with Gasteiger partial charge in [0.15, 0.2) is 0 Å². The van der Waals surface area contributed by atoms with Crippen LogP contribution in [-0.4, -0.2) is 5.24 Å². The van der Waals surface area contributed by atoms with Gasteiger partial charge < -0.3 is 0 Å². The number of carbonyl (C=O) groups excluding carboxylic acids is 1. The molecule has 1 nitrogen and oxygen atoms in total. The number of benzene rings is 1. The van der Waals surface area contributed by atoms with Crippen LogP contribution in [0.2, 0.25) is 0 Å². The highest BCUT2D eigenvalue weighted by Gasteiger charge is 2.01. The molecule has 0 aromatic heterocycles. The molecule has 0 aliphatic rings. The molecule has 0 aliphatic carbocycles.